The van der Waals surface area contributed by atoms with Crippen LogP contribution in [-0.4, -0.2) is 18.9 Å². The normalized spacial score (nSPS) is 14.6. The first-order valence-electron chi connectivity index (χ1n) is 8.24. The van der Waals surface area contributed by atoms with E-state index in [1.165, 1.54) is 0 Å². The molecule has 2 N–H and O–H groups in total. The maximum absolute atomic E-state index is 12.2. The smallest absolute Gasteiger partial charge is 0.234 e. The average Bonchev–Trinajstić information content (AvgIpc) is 2.83. The molecule has 0 bridgehead atoms. The van der Waals surface area contributed by atoms with Crippen LogP contribution in [0.15, 0.2) is 42.5 Å². The van der Waals surface area contributed by atoms with E-state index in [4.69, 9.17) is 4.74 Å². The number of carbonyl (C=O) groups excluding carboxylic acids is 2. The van der Waals surface area contributed by atoms with E-state index in [2.05, 4.69) is 10.6 Å². The van der Waals surface area contributed by atoms with E-state index in [-0.39, 0.29) is 18.2 Å². The summed E-state index contributed by atoms with van der Waals surface area (Å²) in [6.45, 7) is 4.25. The average molecular weight is 338 g/mol. The Morgan fingerprint density at radius 3 is 2.48 bits per heavy atom. The largest absolute Gasteiger partial charge is 0.497 e. The summed E-state index contributed by atoms with van der Waals surface area (Å²) >= 11 is 0. The second kappa shape index (κ2) is 6.59. The number of nitrogens with one attached hydrogen (secondary N) is 2. The maximum Gasteiger partial charge on any atom is 0.234 e. The van der Waals surface area contributed by atoms with Crippen molar-refractivity contribution in [3.8, 4) is 5.75 Å². The van der Waals surface area contributed by atoms with E-state index in [0.29, 0.717) is 6.54 Å². The number of hydrogen-bond acceptors (Lipinski definition) is 3. The lowest BCUT2D eigenvalue weighted by molar-refractivity contribution is -0.121. The van der Waals surface area contributed by atoms with Crippen LogP contribution in [0, 0.1) is 0 Å². The number of benzene rings is 2. The molecule has 0 spiro atoms. The monoisotopic (exact) mass is 338 g/mol. The molecular weight excluding hydrogens is 316 g/mol. The molecule has 1 aliphatic rings. The lowest BCUT2D eigenvalue weighted by atomic mass is 9.85. The number of rotatable bonds is 5. The van der Waals surface area contributed by atoms with E-state index in [9.17, 15) is 9.59 Å². The molecule has 1 aliphatic heterocycles. The fraction of sp³-hybridized carbons (Fsp3) is 0.300. The van der Waals surface area contributed by atoms with Crippen molar-refractivity contribution in [1.29, 1.82) is 0 Å². The van der Waals surface area contributed by atoms with Gasteiger partial charge in [0.05, 0.1) is 18.9 Å². The van der Waals surface area contributed by atoms with E-state index >= 15 is 0 Å². The molecule has 25 heavy (non-hydrogen) atoms. The highest BCUT2D eigenvalue weighted by atomic mass is 16.5. The van der Waals surface area contributed by atoms with E-state index in [1.54, 1.807) is 7.11 Å². The van der Waals surface area contributed by atoms with Crippen LogP contribution in [0.4, 0.5) is 5.69 Å². The SMILES string of the molecule is COc1ccc(CNC(=O)Cc2ccc3c(c2)C(C)(C)C(=O)N3)cc1. The molecule has 2 aromatic carbocycles. The van der Waals surface area contributed by atoms with Crippen molar-refractivity contribution in [3.63, 3.8) is 0 Å². The second-order valence-electron chi connectivity index (χ2n) is 6.76. The Hall–Kier alpha value is -2.82. The molecule has 1 heterocycles. The summed E-state index contributed by atoms with van der Waals surface area (Å²) in [5, 5.41) is 5.79. The number of anilines is 1. The fourth-order valence-electron chi connectivity index (χ4n) is 2.92. The molecule has 0 radical (unpaired) electrons. The van der Waals surface area contributed by atoms with Crippen LogP contribution in [0.2, 0.25) is 0 Å². The van der Waals surface area contributed by atoms with Crippen molar-refractivity contribution in [3.05, 3.63) is 59.2 Å². The minimum absolute atomic E-state index is 0.0105. The van der Waals surface area contributed by atoms with Crippen molar-refractivity contribution in [2.24, 2.45) is 0 Å². The first-order chi connectivity index (χ1) is 11.9. The quantitative estimate of drug-likeness (QED) is 0.881. The van der Waals surface area contributed by atoms with Gasteiger partial charge in [-0.3, -0.25) is 9.59 Å². The molecule has 0 aromatic heterocycles. The van der Waals surface area contributed by atoms with Gasteiger partial charge in [-0.2, -0.15) is 0 Å². The number of hydrogen-bond donors (Lipinski definition) is 2. The van der Waals surface area contributed by atoms with Gasteiger partial charge < -0.3 is 15.4 Å². The third kappa shape index (κ3) is 3.50. The van der Waals surface area contributed by atoms with Gasteiger partial charge in [-0.25, -0.2) is 0 Å². The van der Waals surface area contributed by atoms with Crippen molar-refractivity contribution >= 4 is 17.5 Å². The molecule has 2 aromatic rings. The topological polar surface area (TPSA) is 67.4 Å². The van der Waals surface area contributed by atoms with Crippen molar-refractivity contribution in [2.75, 3.05) is 12.4 Å². The summed E-state index contributed by atoms with van der Waals surface area (Å²) in [6, 6.07) is 13.3. The highest BCUT2D eigenvalue weighted by Crippen LogP contribution is 2.37. The Balaban J connectivity index is 1.62. The number of fused-ring (bicyclic) bond motifs is 1. The molecule has 3 rings (SSSR count). The summed E-state index contributed by atoms with van der Waals surface area (Å²) < 4.78 is 5.12. The van der Waals surface area contributed by atoms with Gasteiger partial charge in [-0.15, -0.1) is 0 Å². The Morgan fingerprint density at radius 2 is 1.80 bits per heavy atom. The summed E-state index contributed by atoms with van der Waals surface area (Å²) in [5.74, 6) is 0.730. The third-order valence-electron chi connectivity index (χ3n) is 4.59. The second-order valence-corrected chi connectivity index (χ2v) is 6.76. The van der Waals surface area contributed by atoms with Gasteiger partial charge in [0, 0.05) is 12.2 Å². The number of ether oxygens (including phenoxy) is 1. The van der Waals surface area contributed by atoms with Crippen LogP contribution in [0.3, 0.4) is 0 Å². The Kier molecular flexibility index (Phi) is 4.49. The predicted molar refractivity (Wildman–Crippen MR) is 96.6 cm³/mol. The number of methoxy groups -OCH3 is 1. The molecule has 130 valence electrons. The molecule has 0 aliphatic carbocycles. The molecule has 5 nitrogen and oxygen atoms in total. The summed E-state index contributed by atoms with van der Waals surface area (Å²) in [6.07, 6.45) is 0.285. The standard InChI is InChI=1S/C20H22N2O3/c1-20(2)16-10-14(6-9-17(16)22-19(20)24)11-18(23)21-12-13-4-7-15(25-3)8-5-13/h4-10H,11-12H2,1-3H3,(H,21,23)(H,22,24). The Bertz CT molecular complexity index is 810. The van der Waals surface area contributed by atoms with Crippen molar-refractivity contribution in [2.45, 2.75) is 32.2 Å². The first-order valence-corrected chi connectivity index (χ1v) is 8.24. The molecule has 0 fully saturated rings. The van der Waals surface area contributed by atoms with Crippen molar-refractivity contribution in [1.82, 2.24) is 5.32 Å². The third-order valence-corrected chi connectivity index (χ3v) is 4.59. The van der Waals surface area contributed by atoms with Gasteiger partial charge in [0.2, 0.25) is 11.8 Å². The summed E-state index contributed by atoms with van der Waals surface area (Å²) in [4.78, 5) is 24.2. The predicted octanol–water partition coefficient (Wildman–Crippen LogP) is 2.78. The number of carbonyl (C=O) groups is 2. The van der Waals surface area contributed by atoms with Crippen LogP contribution in [0.5, 0.6) is 5.75 Å². The van der Waals surface area contributed by atoms with Crippen LogP contribution in [0.25, 0.3) is 0 Å². The van der Waals surface area contributed by atoms with E-state index < -0.39 is 5.41 Å². The van der Waals surface area contributed by atoms with Gasteiger partial charge in [0.1, 0.15) is 5.75 Å². The van der Waals surface area contributed by atoms with E-state index in [1.807, 2.05) is 56.3 Å². The summed E-state index contributed by atoms with van der Waals surface area (Å²) in [7, 11) is 1.62. The van der Waals surface area contributed by atoms with Gasteiger partial charge in [-0.05, 0) is 48.7 Å². The highest BCUT2D eigenvalue weighted by molar-refractivity contribution is 6.05. The lowest BCUT2D eigenvalue weighted by Gasteiger charge is -2.15. The van der Waals surface area contributed by atoms with Gasteiger partial charge in [-0.1, -0.05) is 24.3 Å². The van der Waals surface area contributed by atoms with Gasteiger partial charge in [0.25, 0.3) is 0 Å². The lowest BCUT2D eigenvalue weighted by Crippen LogP contribution is -2.27. The van der Waals surface area contributed by atoms with E-state index in [0.717, 1.165) is 28.1 Å². The molecule has 5 heteroatoms. The zero-order valence-corrected chi connectivity index (χ0v) is 14.7. The molecule has 0 saturated carbocycles. The Morgan fingerprint density at radius 1 is 1.12 bits per heavy atom. The molecule has 0 atom stereocenters. The zero-order chi connectivity index (χ0) is 18.0. The van der Waals surface area contributed by atoms with Crippen LogP contribution in [0.1, 0.15) is 30.5 Å². The van der Waals surface area contributed by atoms with Crippen LogP contribution in [-0.2, 0) is 28.0 Å². The summed E-state index contributed by atoms with van der Waals surface area (Å²) in [5.41, 5.74) is 3.12. The molecule has 2 amide bonds. The molecule has 0 unspecified atom stereocenters. The first kappa shape index (κ1) is 17.0. The van der Waals surface area contributed by atoms with Gasteiger partial charge in [0.15, 0.2) is 0 Å². The Labute approximate surface area is 147 Å². The molecule has 0 saturated heterocycles. The number of amides is 2. The minimum atomic E-state index is -0.565. The van der Waals surface area contributed by atoms with Gasteiger partial charge >= 0.3 is 0 Å². The fourth-order valence-corrected chi connectivity index (χ4v) is 2.92. The minimum Gasteiger partial charge on any atom is -0.497 e. The highest BCUT2D eigenvalue weighted by Gasteiger charge is 2.38. The molecular formula is C20H22N2O3. The van der Waals surface area contributed by atoms with Crippen LogP contribution < -0.4 is 15.4 Å². The van der Waals surface area contributed by atoms with Crippen molar-refractivity contribution < 1.29 is 14.3 Å². The maximum atomic E-state index is 12.2. The van der Waals surface area contributed by atoms with Crippen LogP contribution >= 0.6 is 0 Å². The zero-order valence-electron chi connectivity index (χ0n) is 14.7.